The molecule has 0 bridgehead atoms. The molecule has 4 N–H and O–H groups in total. The molecule has 0 saturated carbocycles. The number of rotatable bonds is 18. The molecule has 0 aliphatic carbocycles. The third-order valence-electron chi connectivity index (χ3n) is 4.62. The lowest BCUT2D eigenvalue weighted by atomic mass is 10.1. The van der Waals surface area contributed by atoms with E-state index < -0.39 is 17.9 Å². The number of aliphatic carboxylic acids is 2. The Morgan fingerprint density at radius 3 is 1.57 bits per heavy atom. The van der Waals surface area contributed by atoms with Crippen molar-refractivity contribution in [1.82, 2.24) is 0 Å². The second kappa shape index (κ2) is 23.7. The minimum Gasteiger partial charge on any atom is -0.481 e. The molecule has 0 amide bonds. The first kappa shape index (κ1) is 28.8. The minimum absolute atomic E-state index is 0.310. The van der Waals surface area contributed by atoms with Crippen LogP contribution < -0.4 is 5.73 Å². The molecule has 0 saturated heterocycles. The molecule has 0 aliphatic rings. The zero-order valence-corrected chi connectivity index (χ0v) is 18.3. The third-order valence-corrected chi connectivity index (χ3v) is 4.62. The number of nitrogens with two attached hydrogens (primary N) is 1. The lowest BCUT2D eigenvalue weighted by Crippen LogP contribution is -2.13. The predicted octanol–water partition coefficient (Wildman–Crippen LogP) is 6.16. The van der Waals surface area contributed by atoms with Gasteiger partial charge in [-0.25, -0.2) is 0 Å². The molecule has 0 aromatic heterocycles. The van der Waals surface area contributed by atoms with Gasteiger partial charge >= 0.3 is 11.9 Å². The lowest BCUT2D eigenvalue weighted by Gasteiger charge is -1.99. The van der Waals surface area contributed by atoms with Crippen molar-refractivity contribution in [3.05, 3.63) is 12.2 Å². The first-order valence-electron chi connectivity index (χ1n) is 11.2. The number of carbonyl (C=O) groups is 2. The smallest absolute Gasteiger partial charge is 0.306 e. The molecule has 0 fully saturated rings. The molecule has 1 unspecified atom stereocenters. The Balaban J connectivity index is 0. The number of carboxylic acid groups (broad SMARTS) is 2. The van der Waals surface area contributed by atoms with E-state index in [9.17, 15) is 9.59 Å². The van der Waals surface area contributed by atoms with E-state index in [0.717, 1.165) is 6.54 Å². The average Bonchev–Trinajstić information content (AvgIpc) is 2.65. The Bertz CT molecular complexity index is 383. The molecule has 5 heteroatoms. The molecule has 0 aliphatic heterocycles. The van der Waals surface area contributed by atoms with Crippen LogP contribution in [0.15, 0.2) is 12.2 Å². The summed E-state index contributed by atoms with van der Waals surface area (Å²) in [5, 5.41) is 16.2. The third kappa shape index (κ3) is 26.9. The first-order valence-corrected chi connectivity index (χ1v) is 11.2. The maximum Gasteiger partial charge on any atom is 0.306 e. The highest BCUT2D eigenvalue weighted by Crippen LogP contribution is 2.09. The van der Waals surface area contributed by atoms with Crippen LogP contribution in [0.3, 0.4) is 0 Å². The largest absolute Gasteiger partial charge is 0.481 e. The quantitative estimate of drug-likeness (QED) is 0.189. The van der Waals surface area contributed by atoms with Crippen LogP contribution in [0.25, 0.3) is 0 Å². The molecule has 5 nitrogen and oxygen atoms in total. The summed E-state index contributed by atoms with van der Waals surface area (Å²) in [7, 11) is 0. The fraction of sp³-hybridized carbons (Fsp3) is 0.826. The molecule has 28 heavy (non-hydrogen) atoms. The zero-order chi connectivity index (χ0) is 21.5. The van der Waals surface area contributed by atoms with Gasteiger partial charge in [-0.05, 0) is 38.6 Å². The topological polar surface area (TPSA) is 101 Å². The van der Waals surface area contributed by atoms with Gasteiger partial charge in [0.2, 0.25) is 0 Å². The Labute approximate surface area is 172 Å². The minimum atomic E-state index is -1.08. The lowest BCUT2D eigenvalue weighted by molar-refractivity contribution is -0.147. The maximum atomic E-state index is 9.97. The van der Waals surface area contributed by atoms with E-state index in [4.69, 9.17) is 15.9 Å². The second-order valence-corrected chi connectivity index (χ2v) is 7.56. The summed E-state index contributed by atoms with van der Waals surface area (Å²) >= 11 is 0. The fourth-order valence-electron chi connectivity index (χ4n) is 2.74. The van der Waals surface area contributed by atoms with Crippen LogP contribution in [0.4, 0.5) is 0 Å². The average molecular weight is 400 g/mol. The van der Waals surface area contributed by atoms with Gasteiger partial charge in [0.1, 0.15) is 0 Å². The Morgan fingerprint density at radius 1 is 0.786 bits per heavy atom. The van der Waals surface area contributed by atoms with Gasteiger partial charge in [0, 0.05) is 0 Å². The van der Waals surface area contributed by atoms with Gasteiger partial charge in [-0.1, -0.05) is 83.8 Å². The normalized spacial score (nSPS) is 11.8. The van der Waals surface area contributed by atoms with Gasteiger partial charge in [0.25, 0.3) is 0 Å². The standard InChI is InChI=1S/C18H37N.C5H8O4/c1-2-3-4-5-6-7-8-9-10-11-12-13-14-15-16-17-18-19;1-3(5(8)9)2-4(6)7/h9-10H,2-8,11-19H2,1H3;3H,2H2,1H3,(H,6,7)(H,8,9). The van der Waals surface area contributed by atoms with E-state index in [1.165, 1.54) is 96.8 Å². The van der Waals surface area contributed by atoms with E-state index >= 15 is 0 Å². The van der Waals surface area contributed by atoms with Crippen LogP contribution in [0.2, 0.25) is 0 Å². The number of hydrogen-bond acceptors (Lipinski definition) is 3. The highest BCUT2D eigenvalue weighted by molar-refractivity contribution is 5.77. The van der Waals surface area contributed by atoms with Crippen LogP contribution in [0.5, 0.6) is 0 Å². The summed E-state index contributed by atoms with van der Waals surface area (Å²) in [4.78, 5) is 19.8. The molecule has 0 aromatic carbocycles. The Kier molecular flexibility index (Phi) is 24.4. The number of allylic oxidation sites excluding steroid dienone is 2. The summed E-state index contributed by atoms with van der Waals surface area (Å²) in [5.74, 6) is -2.94. The van der Waals surface area contributed by atoms with Gasteiger partial charge in [-0.3, -0.25) is 9.59 Å². The fourth-order valence-corrected chi connectivity index (χ4v) is 2.74. The van der Waals surface area contributed by atoms with E-state index in [-0.39, 0.29) is 6.42 Å². The van der Waals surface area contributed by atoms with Crippen molar-refractivity contribution in [2.24, 2.45) is 11.7 Å². The van der Waals surface area contributed by atoms with E-state index in [1.807, 2.05) is 0 Å². The van der Waals surface area contributed by atoms with Crippen molar-refractivity contribution in [2.75, 3.05) is 6.54 Å². The van der Waals surface area contributed by atoms with Crippen molar-refractivity contribution in [3.8, 4) is 0 Å². The van der Waals surface area contributed by atoms with E-state index in [1.54, 1.807) is 0 Å². The van der Waals surface area contributed by atoms with Crippen LogP contribution in [0.1, 0.15) is 110 Å². The maximum absolute atomic E-state index is 9.97. The van der Waals surface area contributed by atoms with Crippen LogP contribution in [-0.4, -0.2) is 28.7 Å². The van der Waals surface area contributed by atoms with Crippen molar-refractivity contribution in [1.29, 1.82) is 0 Å². The molecule has 0 heterocycles. The second-order valence-electron chi connectivity index (χ2n) is 7.56. The Morgan fingerprint density at radius 2 is 1.21 bits per heavy atom. The molecule has 0 spiro atoms. The molecular formula is C23H45NO4. The van der Waals surface area contributed by atoms with Crippen molar-refractivity contribution in [3.63, 3.8) is 0 Å². The van der Waals surface area contributed by atoms with Gasteiger partial charge in [-0.15, -0.1) is 0 Å². The zero-order valence-electron chi connectivity index (χ0n) is 18.3. The van der Waals surface area contributed by atoms with Crippen molar-refractivity contribution < 1.29 is 19.8 Å². The molecule has 0 radical (unpaired) electrons. The molecular weight excluding hydrogens is 354 g/mol. The summed E-state index contributed by atoms with van der Waals surface area (Å²) in [5.41, 5.74) is 5.47. The van der Waals surface area contributed by atoms with E-state index in [0.29, 0.717) is 0 Å². The highest BCUT2D eigenvalue weighted by Gasteiger charge is 2.13. The predicted molar refractivity (Wildman–Crippen MR) is 118 cm³/mol. The van der Waals surface area contributed by atoms with Gasteiger partial charge < -0.3 is 15.9 Å². The molecule has 166 valence electrons. The van der Waals surface area contributed by atoms with Gasteiger partial charge in [-0.2, -0.15) is 0 Å². The van der Waals surface area contributed by atoms with Crippen molar-refractivity contribution >= 4 is 11.9 Å². The SMILES string of the molecule is CC(CC(=O)O)C(=O)O.CCCCCCCCC=CCCCCCCCCN. The molecule has 1 atom stereocenters. The highest BCUT2D eigenvalue weighted by atomic mass is 16.4. The number of hydrogen-bond donors (Lipinski definition) is 3. The Hall–Kier alpha value is -1.36. The van der Waals surface area contributed by atoms with Gasteiger partial charge in [0.05, 0.1) is 12.3 Å². The summed E-state index contributed by atoms with van der Waals surface area (Å²) < 4.78 is 0. The summed E-state index contributed by atoms with van der Waals surface area (Å²) in [6, 6.07) is 0. The van der Waals surface area contributed by atoms with Crippen LogP contribution >= 0.6 is 0 Å². The first-order chi connectivity index (χ1) is 13.5. The van der Waals surface area contributed by atoms with Crippen molar-refractivity contribution in [2.45, 2.75) is 110 Å². The van der Waals surface area contributed by atoms with Crippen LogP contribution in [0, 0.1) is 5.92 Å². The van der Waals surface area contributed by atoms with E-state index in [2.05, 4.69) is 19.1 Å². The monoisotopic (exact) mass is 399 g/mol. The molecule has 0 rings (SSSR count). The van der Waals surface area contributed by atoms with Crippen LogP contribution in [-0.2, 0) is 9.59 Å². The van der Waals surface area contributed by atoms with Gasteiger partial charge in [0.15, 0.2) is 0 Å². The summed E-state index contributed by atoms with van der Waals surface area (Å²) in [6.45, 7) is 4.50. The molecule has 0 aromatic rings. The number of carboxylic acids is 2. The summed E-state index contributed by atoms with van der Waals surface area (Å²) in [6.07, 6.45) is 23.6. The number of unbranched alkanes of at least 4 members (excludes halogenated alkanes) is 12.